The second-order valence-corrected chi connectivity index (χ2v) is 12.0. The molecule has 1 saturated heterocycles. The first-order chi connectivity index (χ1) is 15.5. The van der Waals surface area contributed by atoms with E-state index in [1.54, 1.807) is 24.3 Å². The highest BCUT2D eigenvalue weighted by molar-refractivity contribution is 7.90. The van der Waals surface area contributed by atoms with E-state index in [1.807, 2.05) is 13.8 Å². The Kier molecular flexibility index (Phi) is 6.13. The van der Waals surface area contributed by atoms with Gasteiger partial charge in [0, 0.05) is 25.0 Å². The number of hydrogen-bond acceptors (Lipinski definition) is 7. The molecule has 0 radical (unpaired) electrons. The highest BCUT2D eigenvalue weighted by Gasteiger charge is 2.45. The number of pyridine rings is 1. The molecule has 0 unspecified atom stereocenters. The number of carbonyl (C=O) groups is 1. The Morgan fingerprint density at radius 2 is 1.85 bits per heavy atom. The monoisotopic (exact) mass is 472 g/mol. The Hall–Kier alpha value is -2.65. The van der Waals surface area contributed by atoms with Gasteiger partial charge in [-0.25, -0.2) is 13.4 Å². The largest absolute Gasteiger partial charge is 0.394 e. The van der Waals surface area contributed by atoms with Crippen molar-refractivity contribution in [2.45, 2.75) is 50.0 Å². The van der Waals surface area contributed by atoms with E-state index in [-0.39, 0.29) is 17.4 Å². The Labute approximate surface area is 195 Å². The molecule has 178 valence electrons. The van der Waals surface area contributed by atoms with Crippen LogP contribution in [0.5, 0.6) is 0 Å². The summed E-state index contributed by atoms with van der Waals surface area (Å²) in [6.07, 6.45) is 5.88. The number of aromatic nitrogens is 1. The number of nitrogens with one attached hydrogen (secondary N) is 2. The van der Waals surface area contributed by atoms with Gasteiger partial charge in [-0.3, -0.25) is 4.79 Å². The van der Waals surface area contributed by atoms with Crippen molar-refractivity contribution in [1.82, 2.24) is 4.98 Å². The smallest absolute Gasteiger partial charge is 0.259 e. The van der Waals surface area contributed by atoms with E-state index >= 15 is 0 Å². The van der Waals surface area contributed by atoms with Gasteiger partial charge in [0.2, 0.25) is 0 Å². The van der Waals surface area contributed by atoms with Crippen molar-refractivity contribution < 1.29 is 18.3 Å². The summed E-state index contributed by atoms with van der Waals surface area (Å²) >= 11 is 0. The number of rotatable bonds is 7. The van der Waals surface area contributed by atoms with Gasteiger partial charge in [0.1, 0.15) is 11.6 Å². The number of carbonyl (C=O) groups excluding carboxylic acids is 1. The van der Waals surface area contributed by atoms with Gasteiger partial charge in [0.05, 0.1) is 22.6 Å². The fraction of sp³-hybridized carbons (Fsp3) is 0.500. The first-order valence-corrected chi connectivity index (χ1v) is 13.2. The lowest BCUT2D eigenvalue weighted by Gasteiger charge is -2.34. The van der Waals surface area contributed by atoms with E-state index in [1.165, 1.54) is 25.0 Å². The van der Waals surface area contributed by atoms with Crippen molar-refractivity contribution in [3.05, 3.63) is 42.0 Å². The van der Waals surface area contributed by atoms with Crippen LogP contribution in [0.2, 0.25) is 0 Å². The highest BCUT2D eigenvalue weighted by Crippen LogP contribution is 2.54. The van der Waals surface area contributed by atoms with Crippen LogP contribution in [0.3, 0.4) is 0 Å². The molecule has 2 aliphatic rings. The molecule has 1 spiro atoms. The Morgan fingerprint density at radius 1 is 1.15 bits per heavy atom. The molecule has 1 aromatic heterocycles. The van der Waals surface area contributed by atoms with Crippen LogP contribution in [0.25, 0.3) is 0 Å². The standard InChI is InChI=1S/C24H32N4O4S/c1-23(2,16-29)27-20-8-7-19(21(26-20)28-13-11-24(9-10-24)12-14-28)22(30)25-17-5-4-6-18(15-17)33(3,31)32/h4-8,15,29H,9-14,16H2,1-3H3,(H,25,30)(H,26,27). The summed E-state index contributed by atoms with van der Waals surface area (Å²) in [5.74, 6) is 0.843. The Morgan fingerprint density at radius 3 is 2.45 bits per heavy atom. The number of benzene rings is 1. The van der Waals surface area contributed by atoms with Crippen molar-refractivity contribution in [1.29, 1.82) is 0 Å². The van der Waals surface area contributed by atoms with Gasteiger partial charge in [0.15, 0.2) is 9.84 Å². The minimum Gasteiger partial charge on any atom is -0.394 e. The molecule has 1 amide bonds. The average molecular weight is 473 g/mol. The third-order valence-electron chi connectivity index (χ3n) is 6.58. The fourth-order valence-electron chi connectivity index (χ4n) is 4.20. The minimum absolute atomic E-state index is 0.0604. The molecule has 2 heterocycles. The van der Waals surface area contributed by atoms with Gasteiger partial charge in [-0.2, -0.15) is 0 Å². The molecule has 1 aliphatic heterocycles. The summed E-state index contributed by atoms with van der Waals surface area (Å²) in [4.78, 5) is 20.3. The highest BCUT2D eigenvalue weighted by atomic mass is 32.2. The van der Waals surface area contributed by atoms with Gasteiger partial charge in [-0.1, -0.05) is 6.07 Å². The van der Waals surface area contributed by atoms with Crippen LogP contribution in [-0.2, 0) is 9.84 Å². The van der Waals surface area contributed by atoms with Crippen LogP contribution in [0.4, 0.5) is 17.3 Å². The van der Waals surface area contributed by atoms with E-state index in [9.17, 15) is 18.3 Å². The number of sulfone groups is 1. The summed E-state index contributed by atoms with van der Waals surface area (Å²) in [5.41, 5.74) is 0.770. The maximum absolute atomic E-state index is 13.2. The quantitative estimate of drug-likeness (QED) is 0.567. The molecule has 0 bridgehead atoms. The zero-order valence-corrected chi connectivity index (χ0v) is 20.2. The summed E-state index contributed by atoms with van der Waals surface area (Å²) in [6.45, 7) is 5.37. The summed E-state index contributed by atoms with van der Waals surface area (Å²) < 4.78 is 23.8. The molecule has 8 nitrogen and oxygen atoms in total. The predicted molar refractivity (Wildman–Crippen MR) is 130 cm³/mol. The van der Waals surface area contributed by atoms with Crippen molar-refractivity contribution in [3.63, 3.8) is 0 Å². The Balaban J connectivity index is 1.62. The number of piperidine rings is 1. The summed E-state index contributed by atoms with van der Waals surface area (Å²) in [6, 6.07) is 9.69. The first-order valence-electron chi connectivity index (χ1n) is 11.3. The fourth-order valence-corrected chi connectivity index (χ4v) is 4.86. The number of aliphatic hydroxyl groups is 1. The van der Waals surface area contributed by atoms with Crippen molar-refractivity contribution in [3.8, 4) is 0 Å². The van der Waals surface area contributed by atoms with Gasteiger partial charge in [-0.05, 0) is 75.3 Å². The summed E-state index contributed by atoms with van der Waals surface area (Å²) in [7, 11) is -3.38. The van der Waals surface area contributed by atoms with E-state index in [0.717, 1.165) is 32.2 Å². The lowest BCUT2D eigenvalue weighted by molar-refractivity contribution is 0.102. The third kappa shape index (κ3) is 5.47. The van der Waals surface area contributed by atoms with Crippen LogP contribution in [0, 0.1) is 5.41 Å². The molecule has 1 aliphatic carbocycles. The number of anilines is 3. The van der Waals surface area contributed by atoms with Crippen LogP contribution in [-0.4, -0.2) is 55.9 Å². The van der Waals surface area contributed by atoms with Crippen LogP contribution in [0.1, 0.15) is 49.9 Å². The number of aliphatic hydroxyl groups excluding tert-OH is 1. The van der Waals surface area contributed by atoms with E-state index in [4.69, 9.17) is 4.98 Å². The first kappa shape index (κ1) is 23.5. The van der Waals surface area contributed by atoms with Crippen molar-refractivity contribution in [2.24, 2.45) is 5.41 Å². The average Bonchev–Trinajstić information content (AvgIpc) is 3.52. The second-order valence-electron chi connectivity index (χ2n) is 9.98. The molecule has 9 heteroatoms. The van der Waals surface area contributed by atoms with Crippen molar-refractivity contribution >= 4 is 33.1 Å². The van der Waals surface area contributed by atoms with Gasteiger partial charge < -0.3 is 20.6 Å². The number of nitrogens with zero attached hydrogens (tertiary/aromatic N) is 2. The SMILES string of the molecule is CC(C)(CO)Nc1ccc(C(=O)Nc2cccc(S(C)(=O)=O)c2)c(N2CCC3(CC2)CC3)n1. The zero-order chi connectivity index (χ0) is 23.9. The molecule has 1 saturated carbocycles. The summed E-state index contributed by atoms with van der Waals surface area (Å²) in [5, 5.41) is 15.7. The van der Waals surface area contributed by atoms with Crippen LogP contribution < -0.4 is 15.5 Å². The number of hydrogen-bond donors (Lipinski definition) is 3. The van der Waals surface area contributed by atoms with Gasteiger partial charge in [-0.15, -0.1) is 0 Å². The number of amides is 1. The third-order valence-corrected chi connectivity index (χ3v) is 7.69. The van der Waals surface area contributed by atoms with Crippen molar-refractivity contribution in [2.75, 3.05) is 41.5 Å². The molecule has 4 rings (SSSR count). The maximum Gasteiger partial charge on any atom is 0.259 e. The molecule has 1 aromatic carbocycles. The predicted octanol–water partition coefficient (Wildman–Crippen LogP) is 3.30. The Bertz CT molecular complexity index is 1150. The molecule has 2 fully saturated rings. The topological polar surface area (TPSA) is 112 Å². The lowest BCUT2D eigenvalue weighted by Crippen LogP contribution is -2.38. The van der Waals surface area contributed by atoms with E-state index in [0.29, 0.717) is 28.3 Å². The second kappa shape index (κ2) is 8.61. The maximum atomic E-state index is 13.2. The van der Waals surface area contributed by atoms with E-state index in [2.05, 4.69) is 15.5 Å². The van der Waals surface area contributed by atoms with Crippen LogP contribution in [0.15, 0.2) is 41.3 Å². The molecular formula is C24H32N4O4S. The molecule has 0 atom stereocenters. The molecule has 2 aromatic rings. The minimum atomic E-state index is -3.38. The molecular weight excluding hydrogens is 440 g/mol. The van der Waals surface area contributed by atoms with Gasteiger partial charge in [0.25, 0.3) is 5.91 Å². The zero-order valence-electron chi connectivity index (χ0n) is 19.4. The van der Waals surface area contributed by atoms with E-state index < -0.39 is 15.4 Å². The van der Waals surface area contributed by atoms with Crippen LogP contribution >= 0.6 is 0 Å². The lowest BCUT2D eigenvalue weighted by atomic mass is 9.93. The normalized spacial score (nSPS) is 17.6. The molecule has 33 heavy (non-hydrogen) atoms. The van der Waals surface area contributed by atoms with Gasteiger partial charge >= 0.3 is 0 Å². The molecule has 3 N–H and O–H groups in total.